The van der Waals surface area contributed by atoms with Gasteiger partial charge in [0.1, 0.15) is 0 Å². The van der Waals surface area contributed by atoms with E-state index >= 15 is 0 Å². The second-order valence-corrected chi connectivity index (χ2v) is 3.96. The number of ether oxygens (including phenoxy) is 1. The van der Waals surface area contributed by atoms with Gasteiger partial charge >= 0.3 is 5.97 Å². The Kier molecular flexibility index (Phi) is 4.71. The van der Waals surface area contributed by atoms with E-state index in [0.29, 0.717) is 0 Å². The van der Waals surface area contributed by atoms with Gasteiger partial charge in [0.25, 0.3) is 5.91 Å². The van der Waals surface area contributed by atoms with Crippen molar-refractivity contribution in [2.75, 3.05) is 14.2 Å². The number of rotatable bonds is 4. The van der Waals surface area contributed by atoms with Crippen LogP contribution in [0.2, 0.25) is 0 Å². The Bertz CT molecular complexity index is 251. The first-order valence-corrected chi connectivity index (χ1v) is 4.75. The maximum Gasteiger partial charge on any atom is 0.309 e. The van der Waals surface area contributed by atoms with Crippen LogP contribution in [0.1, 0.15) is 27.2 Å². The summed E-state index contributed by atoms with van der Waals surface area (Å²) in [7, 11) is 2.66. The SMILES string of the molecule is COC(=O)CC(C)(F)C(=O)N(C)C(C)C. The van der Waals surface area contributed by atoms with Gasteiger partial charge in [-0.25, -0.2) is 4.39 Å². The van der Waals surface area contributed by atoms with Crippen LogP contribution in [0, 0.1) is 0 Å². The molecular weight excluding hydrogens is 201 g/mol. The summed E-state index contributed by atoms with van der Waals surface area (Å²) in [4.78, 5) is 23.8. The smallest absolute Gasteiger partial charge is 0.309 e. The molecule has 0 radical (unpaired) electrons. The molecule has 0 bridgehead atoms. The summed E-state index contributed by atoms with van der Waals surface area (Å²) in [5.74, 6) is -1.44. The zero-order valence-corrected chi connectivity index (χ0v) is 9.83. The lowest BCUT2D eigenvalue weighted by Crippen LogP contribution is -2.46. The minimum atomic E-state index is -2.20. The monoisotopic (exact) mass is 219 g/mol. The summed E-state index contributed by atoms with van der Waals surface area (Å²) in [5.41, 5.74) is -2.20. The van der Waals surface area contributed by atoms with Gasteiger partial charge in [0.2, 0.25) is 0 Å². The third-order valence-electron chi connectivity index (χ3n) is 2.24. The molecule has 88 valence electrons. The molecule has 0 N–H and O–H groups in total. The topological polar surface area (TPSA) is 46.6 Å². The van der Waals surface area contributed by atoms with Crippen LogP contribution in [0.5, 0.6) is 0 Å². The number of hydrogen-bond acceptors (Lipinski definition) is 3. The maximum absolute atomic E-state index is 13.8. The lowest BCUT2D eigenvalue weighted by Gasteiger charge is -2.28. The van der Waals surface area contributed by atoms with Gasteiger partial charge in [0, 0.05) is 13.1 Å². The van der Waals surface area contributed by atoms with Crippen molar-refractivity contribution in [3.05, 3.63) is 0 Å². The normalized spacial score (nSPS) is 14.6. The second-order valence-electron chi connectivity index (χ2n) is 3.96. The fraction of sp³-hybridized carbons (Fsp3) is 0.800. The number of hydrogen-bond donors (Lipinski definition) is 0. The molecule has 0 aliphatic carbocycles. The minimum Gasteiger partial charge on any atom is -0.469 e. The third-order valence-corrected chi connectivity index (χ3v) is 2.24. The summed E-state index contributed by atoms with van der Waals surface area (Å²) < 4.78 is 18.2. The van der Waals surface area contributed by atoms with Crippen LogP contribution in [0.4, 0.5) is 4.39 Å². The van der Waals surface area contributed by atoms with E-state index in [0.717, 1.165) is 14.0 Å². The van der Waals surface area contributed by atoms with Gasteiger partial charge in [-0.15, -0.1) is 0 Å². The summed E-state index contributed by atoms with van der Waals surface area (Å²) >= 11 is 0. The second kappa shape index (κ2) is 5.09. The number of esters is 1. The highest BCUT2D eigenvalue weighted by Gasteiger charge is 2.38. The summed E-state index contributed by atoms with van der Waals surface area (Å²) in [6.45, 7) is 4.63. The van der Waals surface area contributed by atoms with E-state index in [1.807, 2.05) is 0 Å². The molecule has 0 aliphatic rings. The summed E-state index contributed by atoms with van der Waals surface area (Å²) in [6.07, 6.45) is -0.556. The molecule has 0 aromatic heterocycles. The number of methoxy groups -OCH3 is 1. The van der Waals surface area contributed by atoms with E-state index in [9.17, 15) is 14.0 Å². The predicted octanol–water partition coefficient (Wildman–Crippen LogP) is 1.14. The van der Waals surface area contributed by atoms with Crippen molar-refractivity contribution >= 4 is 11.9 Å². The molecule has 0 aromatic carbocycles. The Labute approximate surface area is 89.4 Å². The Hall–Kier alpha value is -1.13. The van der Waals surface area contributed by atoms with Crippen molar-refractivity contribution in [2.45, 2.75) is 38.9 Å². The zero-order valence-electron chi connectivity index (χ0n) is 9.83. The van der Waals surface area contributed by atoms with Crippen molar-refractivity contribution in [2.24, 2.45) is 0 Å². The lowest BCUT2D eigenvalue weighted by atomic mass is 10.0. The number of amides is 1. The van der Waals surface area contributed by atoms with Gasteiger partial charge in [0.15, 0.2) is 5.67 Å². The molecule has 0 aromatic rings. The maximum atomic E-state index is 13.8. The first-order valence-electron chi connectivity index (χ1n) is 4.75. The number of halogens is 1. The predicted molar refractivity (Wildman–Crippen MR) is 54.1 cm³/mol. The van der Waals surface area contributed by atoms with Gasteiger partial charge in [-0.1, -0.05) is 0 Å². The summed E-state index contributed by atoms with van der Waals surface area (Å²) in [6, 6.07) is -0.106. The van der Waals surface area contributed by atoms with Gasteiger partial charge in [-0.3, -0.25) is 9.59 Å². The van der Waals surface area contributed by atoms with Crippen molar-refractivity contribution in [1.29, 1.82) is 0 Å². The quantitative estimate of drug-likeness (QED) is 0.666. The molecule has 1 unspecified atom stereocenters. The molecule has 1 amide bonds. The molecule has 0 aliphatic heterocycles. The van der Waals surface area contributed by atoms with Crippen molar-refractivity contribution in [3.8, 4) is 0 Å². The van der Waals surface area contributed by atoms with E-state index in [1.54, 1.807) is 13.8 Å². The molecule has 0 heterocycles. The largest absolute Gasteiger partial charge is 0.469 e. The molecular formula is C10H18FNO3. The standard InChI is InChI=1S/C10H18FNO3/c1-7(2)12(4)9(14)10(3,11)6-8(13)15-5/h7H,6H2,1-5H3. The van der Waals surface area contributed by atoms with E-state index in [-0.39, 0.29) is 6.04 Å². The van der Waals surface area contributed by atoms with Crippen LogP contribution in [-0.2, 0) is 14.3 Å². The van der Waals surface area contributed by atoms with E-state index in [1.165, 1.54) is 11.9 Å². The first kappa shape index (κ1) is 13.9. The third kappa shape index (κ3) is 3.85. The Morgan fingerprint density at radius 2 is 1.93 bits per heavy atom. The number of carbonyl (C=O) groups is 2. The highest BCUT2D eigenvalue weighted by Crippen LogP contribution is 2.20. The summed E-state index contributed by atoms with van der Waals surface area (Å²) in [5, 5.41) is 0. The van der Waals surface area contributed by atoms with Crippen LogP contribution in [0.25, 0.3) is 0 Å². The van der Waals surface area contributed by atoms with Crippen molar-refractivity contribution in [3.63, 3.8) is 0 Å². The van der Waals surface area contributed by atoms with E-state index in [4.69, 9.17) is 0 Å². The highest BCUT2D eigenvalue weighted by molar-refractivity contribution is 5.89. The van der Waals surface area contributed by atoms with Gasteiger partial charge < -0.3 is 9.64 Å². The Morgan fingerprint density at radius 3 is 2.27 bits per heavy atom. The lowest BCUT2D eigenvalue weighted by molar-refractivity contribution is -0.153. The van der Waals surface area contributed by atoms with E-state index < -0.39 is 24.0 Å². The van der Waals surface area contributed by atoms with Crippen molar-refractivity contribution in [1.82, 2.24) is 4.90 Å². The van der Waals surface area contributed by atoms with E-state index in [2.05, 4.69) is 4.74 Å². The van der Waals surface area contributed by atoms with Gasteiger partial charge in [0.05, 0.1) is 13.5 Å². The highest BCUT2D eigenvalue weighted by atomic mass is 19.1. The van der Waals surface area contributed by atoms with Crippen molar-refractivity contribution < 1.29 is 18.7 Å². The fourth-order valence-corrected chi connectivity index (χ4v) is 1.02. The molecule has 5 heteroatoms. The van der Waals surface area contributed by atoms with Crippen LogP contribution >= 0.6 is 0 Å². The van der Waals surface area contributed by atoms with Crippen LogP contribution in [0.15, 0.2) is 0 Å². The van der Waals surface area contributed by atoms with Crippen LogP contribution < -0.4 is 0 Å². The molecule has 0 rings (SSSR count). The molecule has 0 spiro atoms. The minimum absolute atomic E-state index is 0.106. The zero-order chi connectivity index (χ0) is 12.2. The number of nitrogens with zero attached hydrogens (tertiary/aromatic N) is 1. The van der Waals surface area contributed by atoms with Gasteiger partial charge in [-0.2, -0.15) is 0 Å². The molecule has 0 fully saturated rings. The number of alkyl halides is 1. The average molecular weight is 219 g/mol. The first-order chi connectivity index (χ1) is 6.72. The fourth-order valence-electron chi connectivity index (χ4n) is 1.02. The van der Waals surface area contributed by atoms with Crippen LogP contribution in [-0.4, -0.2) is 42.6 Å². The van der Waals surface area contributed by atoms with Crippen LogP contribution in [0.3, 0.4) is 0 Å². The molecule has 4 nitrogen and oxygen atoms in total. The average Bonchev–Trinajstić information content (AvgIpc) is 2.14. The molecule has 15 heavy (non-hydrogen) atoms. The Morgan fingerprint density at radius 1 is 1.47 bits per heavy atom. The number of carbonyl (C=O) groups excluding carboxylic acids is 2. The van der Waals surface area contributed by atoms with Gasteiger partial charge in [-0.05, 0) is 20.8 Å². The molecule has 0 saturated heterocycles. The Balaban J connectivity index is 4.58. The molecule has 0 saturated carbocycles. The molecule has 1 atom stereocenters.